The number of pyridine rings is 1. The van der Waals surface area contributed by atoms with Crippen LogP contribution in [-0.4, -0.2) is 46.7 Å². The van der Waals surface area contributed by atoms with Crippen LogP contribution in [0.4, 0.5) is 0 Å². The Balaban J connectivity index is 1.61. The second-order valence-electron chi connectivity index (χ2n) is 6.32. The molecule has 2 atom stereocenters. The summed E-state index contributed by atoms with van der Waals surface area (Å²) in [6.45, 7) is 0.517. The van der Waals surface area contributed by atoms with Crippen LogP contribution >= 0.6 is 0 Å². The number of nitrogens with one attached hydrogen (secondary N) is 1. The van der Waals surface area contributed by atoms with Crippen LogP contribution in [0.1, 0.15) is 21.8 Å². The van der Waals surface area contributed by atoms with Crippen molar-refractivity contribution >= 4 is 11.9 Å². The zero-order valence-corrected chi connectivity index (χ0v) is 13.7. The van der Waals surface area contributed by atoms with Crippen LogP contribution < -0.4 is 15.0 Å². The van der Waals surface area contributed by atoms with E-state index in [1.165, 1.54) is 23.2 Å². The Morgan fingerprint density at radius 2 is 1.92 bits per heavy atom. The van der Waals surface area contributed by atoms with E-state index in [4.69, 9.17) is 9.47 Å². The van der Waals surface area contributed by atoms with Gasteiger partial charge in [-0.15, -0.1) is 0 Å². The highest BCUT2D eigenvalue weighted by atomic mass is 16.7. The molecule has 8 heteroatoms. The molecule has 1 saturated heterocycles. The third kappa shape index (κ3) is 2.79. The number of ether oxygens (including phenoxy) is 2. The third-order valence-corrected chi connectivity index (χ3v) is 4.78. The Hall–Kier alpha value is -3.29. The fraction of sp³-hybridized carbons (Fsp3) is 0.278. The predicted molar refractivity (Wildman–Crippen MR) is 89.4 cm³/mol. The molecule has 1 fully saturated rings. The van der Waals surface area contributed by atoms with E-state index in [0.717, 1.165) is 5.56 Å². The lowest BCUT2D eigenvalue weighted by atomic mass is 9.89. The quantitative estimate of drug-likeness (QED) is 0.851. The summed E-state index contributed by atoms with van der Waals surface area (Å²) in [4.78, 5) is 39.5. The average molecular weight is 356 g/mol. The van der Waals surface area contributed by atoms with Crippen LogP contribution in [0, 0.1) is 5.92 Å². The molecule has 1 aromatic heterocycles. The zero-order chi connectivity index (χ0) is 18.3. The smallest absolute Gasteiger partial charge is 0.308 e. The van der Waals surface area contributed by atoms with Gasteiger partial charge in [0.1, 0.15) is 0 Å². The van der Waals surface area contributed by atoms with Crippen molar-refractivity contribution in [2.75, 3.05) is 19.9 Å². The number of hydrogen-bond donors (Lipinski definition) is 2. The zero-order valence-electron chi connectivity index (χ0n) is 13.7. The van der Waals surface area contributed by atoms with E-state index in [0.29, 0.717) is 17.1 Å². The monoisotopic (exact) mass is 356 g/mol. The standard InChI is InChI=1S/C18H16N2O6/c21-16-4-2-11(6-19-16)17(22)20-7-12(13(8-20)18(23)24)10-1-3-14-15(5-10)26-9-25-14/h1-6,12-13H,7-9H2,(H,19,21)(H,23,24)/t12-,13+/m0/s1. The number of carboxylic acid groups (broad SMARTS) is 1. The average Bonchev–Trinajstić information content (AvgIpc) is 3.28. The lowest BCUT2D eigenvalue weighted by Crippen LogP contribution is -2.30. The number of H-pyrrole nitrogens is 1. The van der Waals surface area contributed by atoms with Gasteiger partial charge in [0.25, 0.3) is 5.91 Å². The maximum Gasteiger partial charge on any atom is 0.308 e. The van der Waals surface area contributed by atoms with Gasteiger partial charge >= 0.3 is 5.97 Å². The topological polar surface area (TPSA) is 109 Å². The molecule has 134 valence electrons. The molecule has 2 aliphatic heterocycles. The summed E-state index contributed by atoms with van der Waals surface area (Å²) in [5.41, 5.74) is 0.808. The van der Waals surface area contributed by atoms with Gasteiger partial charge in [0, 0.05) is 31.3 Å². The fourth-order valence-corrected chi connectivity index (χ4v) is 3.43. The highest BCUT2D eigenvalue weighted by Crippen LogP contribution is 2.39. The van der Waals surface area contributed by atoms with E-state index in [1.54, 1.807) is 12.1 Å². The Morgan fingerprint density at radius 1 is 1.12 bits per heavy atom. The fourth-order valence-electron chi connectivity index (χ4n) is 3.43. The number of likely N-dealkylation sites (tertiary alicyclic amines) is 1. The first-order chi connectivity index (χ1) is 12.5. The van der Waals surface area contributed by atoms with E-state index in [2.05, 4.69) is 4.98 Å². The minimum Gasteiger partial charge on any atom is -0.481 e. The largest absolute Gasteiger partial charge is 0.481 e. The van der Waals surface area contributed by atoms with Crippen LogP contribution in [0.5, 0.6) is 11.5 Å². The number of fused-ring (bicyclic) bond motifs is 1. The molecule has 1 aromatic carbocycles. The summed E-state index contributed by atoms with van der Waals surface area (Å²) in [7, 11) is 0. The van der Waals surface area contributed by atoms with Crippen molar-refractivity contribution in [1.82, 2.24) is 9.88 Å². The molecule has 1 amide bonds. The molecule has 2 aliphatic rings. The Labute approximate surface area is 148 Å². The van der Waals surface area contributed by atoms with Gasteiger partial charge in [0.05, 0.1) is 11.5 Å². The number of rotatable bonds is 3. The Morgan fingerprint density at radius 3 is 2.65 bits per heavy atom. The first-order valence-corrected chi connectivity index (χ1v) is 8.13. The molecule has 0 bridgehead atoms. The molecule has 0 spiro atoms. The lowest BCUT2D eigenvalue weighted by molar-refractivity contribution is -0.141. The summed E-state index contributed by atoms with van der Waals surface area (Å²) in [6, 6.07) is 8.04. The van der Waals surface area contributed by atoms with Crippen LogP contribution in [0.15, 0.2) is 41.3 Å². The van der Waals surface area contributed by atoms with Gasteiger partial charge in [0.2, 0.25) is 12.4 Å². The number of amides is 1. The highest BCUT2D eigenvalue weighted by Gasteiger charge is 2.41. The molecule has 0 unspecified atom stereocenters. The van der Waals surface area contributed by atoms with E-state index < -0.39 is 11.9 Å². The minimum absolute atomic E-state index is 0.104. The molecule has 2 N–H and O–H groups in total. The molecule has 26 heavy (non-hydrogen) atoms. The number of carboxylic acids is 1. The Bertz CT molecular complexity index is 917. The number of aromatic nitrogens is 1. The van der Waals surface area contributed by atoms with E-state index in [9.17, 15) is 19.5 Å². The van der Waals surface area contributed by atoms with Gasteiger partial charge < -0.3 is 24.5 Å². The van der Waals surface area contributed by atoms with Crippen molar-refractivity contribution in [1.29, 1.82) is 0 Å². The first kappa shape index (κ1) is 16.2. The van der Waals surface area contributed by atoms with Gasteiger partial charge in [-0.05, 0) is 23.8 Å². The van der Waals surface area contributed by atoms with Crippen molar-refractivity contribution in [3.63, 3.8) is 0 Å². The van der Waals surface area contributed by atoms with Crippen LogP contribution in [0.2, 0.25) is 0 Å². The number of nitrogens with zero attached hydrogens (tertiary/aromatic N) is 1. The Kier molecular flexibility index (Phi) is 3.87. The molecule has 4 rings (SSSR count). The number of aromatic amines is 1. The number of aliphatic carboxylic acids is 1. The first-order valence-electron chi connectivity index (χ1n) is 8.13. The molecular formula is C18H16N2O6. The second kappa shape index (κ2) is 6.21. The van der Waals surface area contributed by atoms with Crippen LogP contribution in [0.25, 0.3) is 0 Å². The van der Waals surface area contributed by atoms with Crippen molar-refractivity contribution in [2.45, 2.75) is 5.92 Å². The van der Waals surface area contributed by atoms with Crippen molar-refractivity contribution in [3.8, 4) is 11.5 Å². The summed E-state index contributed by atoms with van der Waals surface area (Å²) in [5, 5.41) is 9.60. The maximum absolute atomic E-state index is 12.7. The van der Waals surface area contributed by atoms with Crippen molar-refractivity contribution < 1.29 is 24.2 Å². The normalized spacial score (nSPS) is 21.0. The summed E-state index contributed by atoms with van der Waals surface area (Å²) in [5.74, 6) is -1.13. The highest BCUT2D eigenvalue weighted by molar-refractivity contribution is 5.94. The van der Waals surface area contributed by atoms with E-state index in [1.807, 2.05) is 6.07 Å². The number of carbonyl (C=O) groups is 2. The van der Waals surface area contributed by atoms with Gasteiger partial charge in [-0.1, -0.05) is 6.07 Å². The molecule has 3 heterocycles. The third-order valence-electron chi connectivity index (χ3n) is 4.78. The molecule has 0 saturated carbocycles. The van der Waals surface area contributed by atoms with E-state index >= 15 is 0 Å². The lowest BCUT2D eigenvalue weighted by Gasteiger charge is -2.16. The summed E-state index contributed by atoms with van der Waals surface area (Å²) in [6.07, 6.45) is 1.34. The number of carbonyl (C=O) groups excluding carboxylic acids is 1. The number of hydrogen-bond acceptors (Lipinski definition) is 5. The summed E-state index contributed by atoms with van der Waals surface area (Å²) < 4.78 is 10.7. The molecule has 8 nitrogen and oxygen atoms in total. The van der Waals surface area contributed by atoms with Gasteiger partial charge in [-0.2, -0.15) is 0 Å². The van der Waals surface area contributed by atoms with Gasteiger partial charge in [0.15, 0.2) is 11.5 Å². The molecule has 2 aromatic rings. The van der Waals surface area contributed by atoms with Crippen molar-refractivity contribution in [2.24, 2.45) is 5.92 Å². The number of benzene rings is 1. The predicted octanol–water partition coefficient (Wildman–Crippen LogP) is 1.04. The second-order valence-corrected chi connectivity index (χ2v) is 6.32. The van der Waals surface area contributed by atoms with Crippen LogP contribution in [0.3, 0.4) is 0 Å². The molecule has 0 radical (unpaired) electrons. The minimum atomic E-state index is -0.954. The van der Waals surface area contributed by atoms with Crippen molar-refractivity contribution in [3.05, 3.63) is 58.0 Å². The molecular weight excluding hydrogens is 340 g/mol. The van der Waals surface area contributed by atoms with E-state index in [-0.39, 0.29) is 37.3 Å². The maximum atomic E-state index is 12.7. The SMILES string of the molecule is O=C(O)[C@@H]1CN(C(=O)c2ccc(=O)[nH]c2)C[C@H]1c1ccc2c(c1)OCO2. The van der Waals surface area contributed by atoms with Gasteiger partial charge in [-0.3, -0.25) is 14.4 Å². The molecule has 0 aliphatic carbocycles. The van der Waals surface area contributed by atoms with Crippen LogP contribution in [-0.2, 0) is 4.79 Å². The summed E-state index contributed by atoms with van der Waals surface area (Å²) >= 11 is 0. The van der Waals surface area contributed by atoms with Gasteiger partial charge in [-0.25, -0.2) is 0 Å².